The maximum Gasteiger partial charge on any atom is 0.216 e. The smallest absolute Gasteiger partial charge is 0.216 e. The van der Waals surface area contributed by atoms with Crippen LogP contribution >= 0.6 is 0 Å². The SMILES string of the molecule is O=C=C1OC1[Si]. The topological polar surface area (TPSA) is 29.6 Å². The van der Waals surface area contributed by atoms with Gasteiger partial charge in [0, 0.05) is 0 Å². The summed E-state index contributed by atoms with van der Waals surface area (Å²) in [7, 11) is 3.03. The molecule has 0 saturated carbocycles. The third-order valence-electron chi connectivity index (χ3n) is 0.526. The Balaban J connectivity index is 2.67. The molecule has 1 aliphatic rings. The van der Waals surface area contributed by atoms with Crippen LogP contribution in [0.2, 0.25) is 0 Å². The first-order valence-corrected chi connectivity index (χ1v) is 2.05. The summed E-state index contributed by atoms with van der Waals surface area (Å²) in [4.78, 5) is 9.46. The molecule has 1 rings (SSSR count). The number of epoxide rings is 1. The molecule has 0 spiro atoms. The molecule has 2 nitrogen and oxygen atoms in total. The predicted molar refractivity (Wildman–Crippen MR) is 19.8 cm³/mol. The van der Waals surface area contributed by atoms with E-state index < -0.39 is 0 Å². The highest BCUT2D eigenvalue weighted by atomic mass is 28.1. The molecule has 0 amide bonds. The molecule has 1 fully saturated rings. The second-order valence-corrected chi connectivity index (χ2v) is 1.49. The third-order valence-corrected chi connectivity index (χ3v) is 0.906. The standard InChI is InChI=1S/C3HO2Si/c4-1-2-3(6)5-2/h3H. The van der Waals surface area contributed by atoms with Gasteiger partial charge in [-0.2, -0.15) is 0 Å². The summed E-state index contributed by atoms with van der Waals surface area (Å²) in [6.45, 7) is 0. The van der Waals surface area contributed by atoms with Crippen molar-refractivity contribution in [1.29, 1.82) is 0 Å². The van der Waals surface area contributed by atoms with E-state index in [0.717, 1.165) is 0 Å². The van der Waals surface area contributed by atoms with Crippen molar-refractivity contribution >= 4 is 16.2 Å². The Labute approximate surface area is 38.2 Å². The number of rotatable bonds is 0. The van der Waals surface area contributed by atoms with Gasteiger partial charge in [0.2, 0.25) is 5.76 Å². The molecule has 0 aromatic carbocycles. The van der Waals surface area contributed by atoms with Crippen LogP contribution in [0.15, 0.2) is 5.76 Å². The molecule has 0 aromatic heterocycles. The average molecular weight is 97.1 g/mol. The van der Waals surface area contributed by atoms with Gasteiger partial charge in [0.15, 0.2) is 5.94 Å². The van der Waals surface area contributed by atoms with E-state index in [1.165, 1.54) is 0 Å². The minimum absolute atomic E-state index is 0.137. The Morgan fingerprint density at radius 2 is 2.50 bits per heavy atom. The highest BCUT2D eigenvalue weighted by Gasteiger charge is 2.27. The molecule has 1 unspecified atom stereocenters. The van der Waals surface area contributed by atoms with E-state index >= 15 is 0 Å². The van der Waals surface area contributed by atoms with Crippen molar-refractivity contribution < 1.29 is 9.53 Å². The van der Waals surface area contributed by atoms with Crippen molar-refractivity contribution in [3.8, 4) is 0 Å². The van der Waals surface area contributed by atoms with Crippen LogP contribution in [0.3, 0.4) is 0 Å². The molecular weight excluding hydrogens is 96.1 g/mol. The molecule has 0 aliphatic carbocycles. The lowest BCUT2D eigenvalue weighted by Gasteiger charge is -1.48. The van der Waals surface area contributed by atoms with Crippen LogP contribution in [-0.4, -0.2) is 21.9 Å². The monoisotopic (exact) mass is 97.0 g/mol. The maximum absolute atomic E-state index is 9.46. The van der Waals surface area contributed by atoms with Crippen LogP contribution in [0.4, 0.5) is 0 Å². The zero-order chi connectivity index (χ0) is 4.57. The Morgan fingerprint density at radius 1 is 2.00 bits per heavy atom. The van der Waals surface area contributed by atoms with Crippen molar-refractivity contribution in [3.05, 3.63) is 5.76 Å². The van der Waals surface area contributed by atoms with Crippen LogP contribution in [0.25, 0.3) is 0 Å². The summed E-state index contributed by atoms with van der Waals surface area (Å²) in [5.41, 5.74) is -0.137. The molecule has 1 atom stereocenters. The Morgan fingerprint density at radius 3 is 2.50 bits per heavy atom. The second-order valence-electron chi connectivity index (χ2n) is 0.964. The molecule has 3 heteroatoms. The van der Waals surface area contributed by atoms with E-state index in [-0.39, 0.29) is 5.73 Å². The molecule has 29 valence electrons. The second kappa shape index (κ2) is 0.963. The minimum Gasteiger partial charge on any atom is -0.477 e. The van der Waals surface area contributed by atoms with E-state index in [9.17, 15) is 4.79 Å². The Bertz CT molecular complexity index is 114. The van der Waals surface area contributed by atoms with Crippen molar-refractivity contribution in [3.63, 3.8) is 0 Å². The lowest BCUT2D eigenvalue weighted by molar-refractivity contribution is 0.484. The lowest BCUT2D eigenvalue weighted by Crippen LogP contribution is -1.73. The first-order valence-electron chi connectivity index (χ1n) is 1.47. The van der Waals surface area contributed by atoms with Crippen LogP contribution < -0.4 is 0 Å². The molecular formula is C3HO2Si. The van der Waals surface area contributed by atoms with Crippen molar-refractivity contribution in [1.82, 2.24) is 0 Å². The molecule has 0 bridgehead atoms. The quantitative estimate of drug-likeness (QED) is 0.225. The van der Waals surface area contributed by atoms with Gasteiger partial charge in [-0.1, -0.05) is 0 Å². The molecule has 0 aromatic rings. The molecule has 1 saturated heterocycles. The molecule has 1 aliphatic heterocycles. The van der Waals surface area contributed by atoms with E-state index in [1.807, 2.05) is 0 Å². The number of ether oxygens (including phenoxy) is 1. The van der Waals surface area contributed by atoms with E-state index in [1.54, 1.807) is 5.94 Å². The first kappa shape index (κ1) is 3.65. The fraction of sp³-hybridized carbons (Fsp3) is 0.333. The van der Waals surface area contributed by atoms with Crippen LogP contribution in [-0.2, 0) is 9.53 Å². The van der Waals surface area contributed by atoms with Gasteiger partial charge in [-0.05, 0) is 0 Å². The first-order chi connectivity index (χ1) is 2.84. The highest BCUT2D eigenvalue weighted by molar-refractivity contribution is 6.16. The Hall–Kier alpha value is -0.533. The highest BCUT2D eigenvalue weighted by Crippen LogP contribution is 2.18. The number of carbonyl (C=O) groups excluding carboxylic acids is 1. The zero-order valence-corrected chi connectivity index (χ0v) is 3.89. The van der Waals surface area contributed by atoms with E-state index in [4.69, 9.17) is 0 Å². The average Bonchev–Trinajstić information content (AvgIpc) is 2.19. The van der Waals surface area contributed by atoms with Gasteiger partial charge in [0.05, 0.1) is 10.2 Å². The van der Waals surface area contributed by atoms with Gasteiger partial charge in [-0.3, -0.25) is 0 Å². The van der Waals surface area contributed by atoms with E-state index in [2.05, 4.69) is 15.0 Å². The minimum atomic E-state index is -0.137. The third kappa shape index (κ3) is 0.378. The Kier molecular flexibility index (Phi) is 0.586. The van der Waals surface area contributed by atoms with Crippen LogP contribution in [0.5, 0.6) is 0 Å². The molecule has 3 radical (unpaired) electrons. The van der Waals surface area contributed by atoms with Crippen molar-refractivity contribution in [2.75, 3.05) is 0 Å². The van der Waals surface area contributed by atoms with Crippen molar-refractivity contribution in [2.24, 2.45) is 0 Å². The summed E-state index contributed by atoms with van der Waals surface area (Å²) in [6.07, 6.45) is 0. The van der Waals surface area contributed by atoms with Gasteiger partial charge >= 0.3 is 0 Å². The van der Waals surface area contributed by atoms with E-state index in [0.29, 0.717) is 5.76 Å². The summed E-state index contributed by atoms with van der Waals surface area (Å²) in [5.74, 6) is 1.95. The molecule has 1 heterocycles. The van der Waals surface area contributed by atoms with Crippen molar-refractivity contribution in [2.45, 2.75) is 5.73 Å². The fourth-order valence-electron chi connectivity index (χ4n) is 0.171. The van der Waals surface area contributed by atoms with Crippen LogP contribution in [0, 0.1) is 0 Å². The van der Waals surface area contributed by atoms with Gasteiger partial charge in [-0.15, -0.1) is 0 Å². The zero-order valence-electron chi connectivity index (χ0n) is 2.89. The lowest BCUT2D eigenvalue weighted by atomic mass is 10.7. The normalized spacial score (nSPS) is 28.2. The summed E-state index contributed by atoms with van der Waals surface area (Å²) >= 11 is 0. The summed E-state index contributed by atoms with van der Waals surface area (Å²) < 4.78 is 4.47. The van der Waals surface area contributed by atoms with Gasteiger partial charge in [-0.25, -0.2) is 4.79 Å². The number of hydrogen-bond donors (Lipinski definition) is 0. The largest absolute Gasteiger partial charge is 0.477 e. The molecule has 6 heavy (non-hydrogen) atoms. The maximum atomic E-state index is 9.46. The van der Waals surface area contributed by atoms with Crippen LogP contribution in [0.1, 0.15) is 0 Å². The number of hydrogen-bond acceptors (Lipinski definition) is 2. The summed E-state index contributed by atoms with van der Waals surface area (Å²) in [6, 6.07) is 0. The molecule has 0 N–H and O–H groups in total. The predicted octanol–water partition coefficient (Wildman–Crippen LogP) is -0.773. The van der Waals surface area contributed by atoms with Gasteiger partial charge in [0.1, 0.15) is 5.73 Å². The van der Waals surface area contributed by atoms with Gasteiger partial charge in [0.25, 0.3) is 0 Å². The summed E-state index contributed by atoms with van der Waals surface area (Å²) in [5, 5.41) is 0. The van der Waals surface area contributed by atoms with Gasteiger partial charge < -0.3 is 4.74 Å². The fourth-order valence-corrected chi connectivity index (χ4v) is 0.356.